The lowest BCUT2D eigenvalue weighted by Gasteiger charge is -2.19. The molecule has 3 N–H and O–H groups in total. The van der Waals surface area contributed by atoms with Gasteiger partial charge in [0.25, 0.3) is 5.91 Å². The van der Waals surface area contributed by atoms with Gasteiger partial charge in [0.2, 0.25) is 0 Å². The van der Waals surface area contributed by atoms with E-state index >= 15 is 0 Å². The minimum Gasteiger partial charge on any atom is -0.508 e. The van der Waals surface area contributed by atoms with E-state index < -0.39 is 0 Å². The predicted octanol–water partition coefficient (Wildman–Crippen LogP) is 1.85. The number of halogens is 1. The van der Waals surface area contributed by atoms with Crippen LogP contribution in [0, 0.1) is 0 Å². The van der Waals surface area contributed by atoms with Crippen LogP contribution in [0.15, 0.2) is 18.2 Å². The van der Waals surface area contributed by atoms with Crippen LogP contribution in [-0.2, 0) is 0 Å². The van der Waals surface area contributed by atoms with Crippen LogP contribution in [0.25, 0.3) is 0 Å². The van der Waals surface area contributed by atoms with Gasteiger partial charge in [-0.25, -0.2) is 0 Å². The van der Waals surface area contributed by atoms with Crippen molar-refractivity contribution in [2.75, 3.05) is 13.6 Å². The molecule has 1 rings (SSSR count). The van der Waals surface area contributed by atoms with E-state index in [0.29, 0.717) is 17.1 Å². The van der Waals surface area contributed by atoms with E-state index in [2.05, 4.69) is 0 Å². The highest BCUT2D eigenvalue weighted by Gasteiger charge is 2.15. The average Bonchev–Trinajstić information content (AvgIpc) is 2.28. The summed E-state index contributed by atoms with van der Waals surface area (Å²) in [7, 11) is 1.69. The molecule has 4 nitrogen and oxygen atoms in total. The Bertz CT molecular complexity index is 407. The van der Waals surface area contributed by atoms with Crippen LogP contribution >= 0.6 is 11.6 Å². The summed E-state index contributed by atoms with van der Waals surface area (Å²) < 4.78 is 0. The third-order valence-corrected chi connectivity index (χ3v) is 2.78. The zero-order chi connectivity index (χ0) is 13.0. The van der Waals surface area contributed by atoms with Crippen LogP contribution in [-0.4, -0.2) is 35.5 Å². The van der Waals surface area contributed by atoms with Gasteiger partial charge in [0.1, 0.15) is 5.75 Å². The Labute approximate surface area is 106 Å². The molecule has 0 saturated carbocycles. The van der Waals surface area contributed by atoms with Crippen molar-refractivity contribution in [3.05, 3.63) is 28.8 Å². The molecule has 1 aromatic rings. The van der Waals surface area contributed by atoms with Crippen LogP contribution in [0.2, 0.25) is 5.02 Å². The molecule has 1 aromatic carbocycles. The molecular weight excluding hydrogens is 240 g/mol. The number of carbonyl (C=O) groups is 1. The molecule has 0 heterocycles. The smallest absolute Gasteiger partial charge is 0.255 e. The standard InChI is InChI=1S/C12H17ClN2O2/c1-8(14)5-6-15(2)12(17)10-7-9(16)3-4-11(10)13/h3-4,7-8,16H,5-6,14H2,1-2H3. The van der Waals surface area contributed by atoms with Crippen LogP contribution in [0.5, 0.6) is 5.75 Å². The summed E-state index contributed by atoms with van der Waals surface area (Å²) in [5, 5.41) is 9.67. The van der Waals surface area contributed by atoms with Crippen LogP contribution < -0.4 is 5.73 Å². The number of hydrogen-bond acceptors (Lipinski definition) is 3. The van der Waals surface area contributed by atoms with Crippen LogP contribution in [0.3, 0.4) is 0 Å². The fourth-order valence-corrected chi connectivity index (χ4v) is 1.58. The molecular formula is C12H17ClN2O2. The van der Waals surface area contributed by atoms with Gasteiger partial charge in [-0.05, 0) is 31.5 Å². The van der Waals surface area contributed by atoms with Gasteiger partial charge < -0.3 is 15.7 Å². The maximum Gasteiger partial charge on any atom is 0.255 e. The Morgan fingerprint density at radius 3 is 2.82 bits per heavy atom. The number of nitrogens with zero attached hydrogens (tertiary/aromatic N) is 1. The monoisotopic (exact) mass is 256 g/mol. The van der Waals surface area contributed by atoms with E-state index in [1.165, 1.54) is 18.2 Å². The molecule has 1 unspecified atom stereocenters. The fraction of sp³-hybridized carbons (Fsp3) is 0.417. The number of hydrogen-bond donors (Lipinski definition) is 2. The number of amides is 1. The van der Waals surface area contributed by atoms with Gasteiger partial charge in [0.05, 0.1) is 10.6 Å². The molecule has 5 heteroatoms. The number of rotatable bonds is 4. The van der Waals surface area contributed by atoms with Crippen LogP contribution in [0.1, 0.15) is 23.7 Å². The summed E-state index contributed by atoms with van der Waals surface area (Å²) >= 11 is 5.91. The minimum absolute atomic E-state index is 0.0262. The van der Waals surface area contributed by atoms with Gasteiger partial charge in [-0.15, -0.1) is 0 Å². The second kappa shape index (κ2) is 5.89. The second-order valence-corrected chi connectivity index (χ2v) is 4.56. The van der Waals surface area contributed by atoms with E-state index in [4.69, 9.17) is 17.3 Å². The molecule has 0 bridgehead atoms. The van der Waals surface area contributed by atoms with Crippen molar-refractivity contribution in [2.24, 2.45) is 5.73 Å². The van der Waals surface area contributed by atoms with E-state index in [-0.39, 0.29) is 17.7 Å². The van der Waals surface area contributed by atoms with Gasteiger partial charge in [-0.3, -0.25) is 4.79 Å². The number of aromatic hydroxyl groups is 1. The first-order valence-corrected chi connectivity index (χ1v) is 5.79. The number of nitrogens with two attached hydrogens (primary N) is 1. The number of phenols is 1. The van der Waals surface area contributed by atoms with Crippen molar-refractivity contribution in [2.45, 2.75) is 19.4 Å². The zero-order valence-electron chi connectivity index (χ0n) is 9.98. The third kappa shape index (κ3) is 3.91. The lowest BCUT2D eigenvalue weighted by Crippen LogP contribution is -2.31. The van der Waals surface area contributed by atoms with Gasteiger partial charge in [-0.1, -0.05) is 11.6 Å². The number of phenolic OH excluding ortho intramolecular Hbond substituents is 1. The van der Waals surface area contributed by atoms with E-state index in [0.717, 1.165) is 6.42 Å². The van der Waals surface area contributed by atoms with Crippen molar-refractivity contribution < 1.29 is 9.90 Å². The lowest BCUT2D eigenvalue weighted by molar-refractivity contribution is 0.0791. The maximum atomic E-state index is 12.0. The van der Waals surface area contributed by atoms with Gasteiger partial charge in [0.15, 0.2) is 0 Å². The Morgan fingerprint density at radius 1 is 1.59 bits per heavy atom. The molecule has 0 spiro atoms. The summed E-state index contributed by atoms with van der Waals surface area (Å²) in [4.78, 5) is 13.6. The lowest BCUT2D eigenvalue weighted by atomic mass is 10.1. The van der Waals surface area contributed by atoms with Gasteiger partial charge in [-0.2, -0.15) is 0 Å². The molecule has 1 amide bonds. The maximum absolute atomic E-state index is 12.0. The van der Waals surface area contributed by atoms with Gasteiger partial charge in [0, 0.05) is 19.6 Å². The van der Waals surface area contributed by atoms with E-state index in [1.807, 2.05) is 6.92 Å². The summed E-state index contributed by atoms with van der Waals surface area (Å²) in [5.41, 5.74) is 5.93. The van der Waals surface area contributed by atoms with Crippen molar-refractivity contribution in [1.29, 1.82) is 0 Å². The highest BCUT2D eigenvalue weighted by molar-refractivity contribution is 6.33. The Kier molecular flexibility index (Phi) is 4.78. The van der Waals surface area contributed by atoms with Crippen LogP contribution in [0.4, 0.5) is 0 Å². The SMILES string of the molecule is CC(N)CCN(C)C(=O)c1cc(O)ccc1Cl. The van der Waals surface area contributed by atoms with E-state index in [1.54, 1.807) is 11.9 Å². The molecule has 0 saturated heterocycles. The number of benzene rings is 1. The topological polar surface area (TPSA) is 66.6 Å². The molecule has 0 radical (unpaired) electrons. The van der Waals surface area contributed by atoms with Crippen molar-refractivity contribution >= 4 is 17.5 Å². The van der Waals surface area contributed by atoms with Crippen molar-refractivity contribution in [1.82, 2.24) is 4.90 Å². The van der Waals surface area contributed by atoms with Gasteiger partial charge >= 0.3 is 0 Å². The second-order valence-electron chi connectivity index (χ2n) is 4.16. The molecule has 94 valence electrons. The Hall–Kier alpha value is -1.26. The normalized spacial score (nSPS) is 12.2. The summed E-state index contributed by atoms with van der Waals surface area (Å²) in [6, 6.07) is 4.36. The first-order valence-electron chi connectivity index (χ1n) is 5.41. The quantitative estimate of drug-likeness (QED) is 0.864. The van der Waals surface area contributed by atoms with Crippen molar-refractivity contribution in [3.63, 3.8) is 0 Å². The molecule has 0 aliphatic rings. The highest BCUT2D eigenvalue weighted by atomic mass is 35.5. The molecule has 0 aliphatic heterocycles. The van der Waals surface area contributed by atoms with Crippen molar-refractivity contribution in [3.8, 4) is 5.75 Å². The summed E-state index contributed by atoms with van der Waals surface area (Å²) in [5.74, 6) is -0.190. The molecule has 17 heavy (non-hydrogen) atoms. The fourth-order valence-electron chi connectivity index (χ4n) is 1.38. The molecule has 0 aliphatic carbocycles. The number of carbonyl (C=O) groups excluding carboxylic acids is 1. The molecule has 1 atom stereocenters. The summed E-state index contributed by atoms with van der Waals surface area (Å²) in [6.45, 7) is 2.45. The average molecular weight is 257 g/mol. The highest BCUT2D eigenvalue weighted by Crippen LogP contribution is 2.22. The third-order valence-electron chi connectivity index (χ3n) is 2.45. The summed E-state index contributed by atoms with van der Waals surface area (Å²) in [6.07, 6.45) is 0.721. The molecule has 0 fully saturated rings. The largest absolute Gasteiger partial charge is 0.508 e. The Balaban J connectivity index is 2.78. The first kappa shape index (κ1) is 13.8. The first-order chi connectivity index (χ1) is 7.91. The Morgan fingerprint density at radius 2 is 2.24 bits per heavy atom. The zero-order valence-corrected chi connectivity index (χ0v) is 10.7. The molecule has 0 aromatic heterocycles. The predicted molar refractivity (Wildman–Crippen MR) is 68.3 cm³/mol. The minimum atomic E-state index is -0.216. The van der Waals surface area contributed by atoms with E-state index in [9.17, 15) is 9.90 Å².